The fourth-order valence-corrected chi connectivity index (χ4v) is 5.46. The molecule has 1 saturated heterocycles. The summed E-state index contributed by atoms with van der Waals surface area (Å²) in [6.45, 7) is 1.84. The van der Waals surface area contributed by atoms with Crippen LogP contribution in [-0.4, -0.2) is 55.2 Å². The van der Waals surface area contributed by atoms with Gasteiger partial charge in [-0.2, -0.15) is 0 Å². The highest BCUT2D eigenvalue weighted by Crippen LogP contribution is 2.51. The number of hydrogen-bond donors (Lipinski definition) is 1. The number of alkyl halides is 2. The van der Waals surface area contributed by atoms with E-state index in [9.17, 15) is 13.9 Å². The lowest BCUT2D eigenvalue weighted by Gasteiger charge is -2.59. The fourth-order valence-electron chi connectivity index (χ4n) is 4.29. The molecule has 0 atom stereocenters. The summed E-state index contributed by atoms with van der Waals surface area (Å²) < 4.78 is 27.8. The van der Waals surface area contributed by atoms with Gasteiger partial charge in [-0.3, -0.25) is 4.57 Å². The largest absolute Gasteiger partial charge is 0.393 e. The van der Waals surface area contributed by atoms with Gasteiger partial charge >= 0.3 is 0 Å². The molecule has 2 aliphatic heterocycles. The summed E-state index contributed by atoms with van der Waals surface area (Å²) in [6.07, 6.45) is 7.64. The maximum absolute atomic E-state index is 12.9. The first-order valence-corrected chi connectivity index (χ1v) is 11.1. The molecule has 0 bridgehead atoms. The number of hydrogen-bond acceptors (Lipinski definition) is 7. The minimum atomic E-state index is -2.62. The van der Waals surface area contributed by atoms with E-state index in [1.165, 1.54) is 0 Å². The lowest BCUT2D eigenvalue weighted by Crippen LogP contribution is -2.62. The van der Waals surface area contributed by atoms with Crippen molar-refractivity contribution in [3.05, 3.63) is 28.0 Å². The second-order valence-electron chi connectivity index (χ2n) is 7.59. The topological polar surface area (TPSA) is 67.1 Å². The molecule has 0 aromatic carbocycles. The molecule has 0 radical (unpaired) electrons. The van der Waals surface area contributed by atoms with Gasteiger partial charge in [-0.15, -0.1) is 22.0 Å². The quantitative estimate of drug-likeness (QED) is 0.809. The van der Waals surface area contributed by atoms with Crippen LogP contribution in [0.3, 0.4) is 0 Å². The Hall–Kier alpha value is -1.78. The number of halogens is 2. The molecule has 1 saturated carbocycles. The van der Waals surface area contributed by atoms with Crippen molar-refractivity contribution in [1.29, 1.82) is 0 Å². The van der Waals surface area contributed by atoms with Crippen molar-refractivity contribution in [3.63, 3.8) is 0 Å². The third-order valence-corrected chi connectivity index (χ3v) is 7.38. The van der Waals surface area contributed by atoms with E-state index >= 15 is 0 Å². The van der Waals surface area contributed by atoms with Crippen LogP contribution in [0, 0.1) is 5.41 Å². The van der Waals surface area contributed by atoms with Gasteiger partial charge in [0.1, 0.15) is 5.69 Å². The Bertz CT molecular complexity index is 969. The van der Waals surface area contributed by atoms with Gasteiger partial charge in [0.05, 0.1) is 18.0 Å². The molecule has 2 fully saturated rings. The zero-order valence-electron chi connectivity index (χ0n) is 15.2. The van der Waals surface area contributed by atoms with Crippen molar-refractivity contribution in [3.8, 4) is 10.7 Å². The van der Waals surface area contributed by atoms with Gasteiger partial charge in [0.15, 0.2) is 15.8 Å². The first kappa shape index (κ1) is 18.3. The van der Waals surface area contributed by atoms with E-state index in [1.807, 2.05) is 17.0 Å². The summed E-state index contributed by atoms with van der Waals surface area (Å²) in [5.74, 6) is 0.794. The van der Waals surface area contributed by atoms with Crippen LogP contribution in [0.2, 0.25) is 0 Å². The van der Waals surface area contributed by atoms with Gasteiger partial charge in [-0.1, -0.05) is 17.4 Å². The molecule has 4 heterocycles. The second kappa shape index (κ2) is 6.64. The number of thioether (sulfide) groups is 1. The monoisotopic (exact) mass is 423 g/mol. The number of likely N-dealkylation sites (tertiary alicyclic amines) is 1. The molecule has 1 aliphatic carbocycles. The van der Waals surface area contributed by atoms with Crippen LogP contribution in [-0.2, 0) is 0 Å². The van der Waals surface area contributed by atoms with E-state index in [0.717, 1.165) is 60.1 Å². The maximum Gasteiger partial charge on any atom is 0.291 e. The van der Waals surface area contributed by atoms with Crippen molar-refractivity contribution >= 4 is 35.0 Å². The number of aliphatic hydroxyl groups is 1. The Kier molecular flexibility index (Phi) is 4.33. The number of allylic oxidation sites excluding steroid dienone is 2. The van der Waals surface area contributed by atoms with Gasteiger partial charge < -0.3 is 10.0 Å². The third kappa shape index (κ3) is 2.89. The predicted octanol–water partition coefficient (Wildman–Crippen LogP) is 3.70. The van der Waals surface area contributed by atoms with Crippen molar-refractivity contribution in [2.24, 2.45) is 5.41 Å². The van der Waals surface area contributed by atoms with Crippen molar-refractivity contribution in [2.75, 3.05) is 19.3 Å². The Morgan fingerprint density at radius 3 is 2.75 bits per heavy atom. The predicted molar refractivity (Wildman–Crippen MR) is 106 cm³/mol. The molecule has 5 rings (SSSR count). The Morgan fingerprint density at radius 2 is 2.11 bits per heavy atom. The highest BCUT2D eigenvalue weighted by Gasteiger charge is 2.52. The molecular weight excluding hydrogens is 404 g/mol. The Morgan fingerprint density at radius 1 is 1.32 bits per heavy atom. The normalized spacial score (nSPS) is 21.1. The molecule has 148 valence electrons. The summed E-state index contributed by atoms with van der Waals surface area (Å²) >= 11 is 2.56. The minimum absolute atomic E-state index is 0.162. The first-order chi connectivity index (χ1) is 13.5. The average Bonchev–Trinajstić information content (AvgIpc) is 3.20. The molecule has 6 nitrogen and oxygen atoms in total. The molecule has 0 unspecified atom stereocenters. The highest BCUT2D eigenvalue weighted by atomic mass is 32.2. The fraction of sp³-hybridized carbons (Fsp3) is 0.500. The van der Waals surface area contributed by atoms with Gasteiger partial charge in [0.2, 0.25) is 0 Å². The van der Waals surface area contributed by atoms with Crippen LogP contribution in [0.4, 0.5) is 8.78 Å². The van der Waals surface area contributed by atoms with Crippen LogP contribution in [0.15, 0.2) is 17.2 Å². The lowest BCUT2D eigenvalue weighted by molar-refractivity contribution is -0.107. The summed E-state index contributed by atoms with van der Waals surface area (Å²) in [6, 6.07) is 0. The highest BCUT2D eigenvalue weighted by molar-refractivity contribution is 8.02. The molecular formula is C18H19F2N5OS2. The molecule has 1 N–H and O–H groups in total. The van der Waals surface area contributed by atoms with Gasteiger partial charge in [0.25, 0.3) is 6.43 Å². The van der Waals surface area contributed by atoms with Crippen LogP contribution < -0.4 is 0 Å². The van der Waals surface area contributed by atoms with Gasteiger partial charge in [-0.05, 0) is 19.1 Å². The van der Waals surface area contributed by atoms with E-state index in [-0.39, 0.29) is 16.5 Å². The number of nitrogens with zero attached hydrogens (tertiary/aromatic N) is 5. The molecule has 10 heteroatoms. The average molecular weight is 424 g/mol. The standard InChI is InChI=1S/C18H19F2N5OS2/c1-27-11-2-3-12(24-8-18(9-24)4-10(26)5-18)15-21-6-13(25(15)7-11)16-22-23-17(28-16)14(19)20/h3,6-7,10,14,26H,2,4-5,8-9H2,1H3. The first-order valence-electron chi connectivity index (χ1n) is 9.05. The van der Waals surface area contributed by atoms with E-state index in [0.29, 0.717) is 10.7 Å². The van der Waals surface area contributed by atoms with Crippen molar-refractivity contribution < 1.29 is 13.9 Å². The molecule has 28 heavy (non-hydrogen) atoms. The van der Waals surface area contributed by atoms with Crippen molar-refractivity contribution in [1.82, 2.24) is 24.6 Å². The van der Waals surface area contributed by atoms with Gasteiger partial charge in [0, 0.05) is 36.0 Å². The number of aliphatic hydroxyl groups excluding tert-OH is 1. The smallest absolute Gasteiger partial charge is 0.291 e. The molecule has 0 amide bonds. The maximum atomic E-state index is 12.9. The SMILES string of the molecule is CSC1=Cn2c(-c3nnc(C(F)F)s3)cnc2C(N2CC3(CC(O)C3)C2)=CC1. The summed E-state index contributed by atoms with van der Waals surface area (Å²) in [5, 5.41) is 17.4. The summed E-state index contributed by atoms with van der Waals surface area (Å²) in [7, 11) is 0. The van der Waals surface area contributed by atoms with E-state index < -0.39 is 6.43 Å². The second-order valence-corrected chi connectivity index (χ2v) is 9.54. The number of aromatic nitrogens is 4. The number of fused-ring (bicyclic) bond motifs is 1. The number of rotatable bonds is 4. The zero-order chi connectivity index (χ0) is 19.5. The number of imidazole rings is 1. The molecule has 2 aromatic rings. The molecule has 1 spiro atoms. The lowest BCUT2D eigenvalue weighted by atomic mass is 9.61. The van der Waals surface area contributed by atoms with Crippen LogP contribution in [0.5, 0.6) is 0 Å². The third-order valence-electron chi connectivity index (χ3n) is 5.63. The van der Waals surface area contributed by atoms with Crippen LogP contribution in [0.1, 0.15) is 36.5 Å². The van der Waals surface area contributed by atoms with Crippen LogP contribution in [0.25, 0.3) is 22.6 Å². The summed E-state index contributed by atoms with van der Waals surface area (Å²) in [4.78, 5) is 8.07. The minimum Gasteiger partial charge on any atom is -0.393 e. The van der Waals surface area contributed by atoms with E-state index in [1.54, 1.807) is 18.0 Å². The van der Waals surface area contributed by atoms with Crippen molar-refractivity contribution in [2.45, 2.75) is 31.8 Å². The molecule has 2 aromatic heterocycles. The Balaban J connectivity index is 1.49. The van der Waals surface area contributed by atoms with Gasteiger partial charge in [-0.25, -0.2) is 13.8 Å². The Labute approximate surface area is 169 Å². The van der Waals surface area contributed by atoms with E-state index in [4.69, 9.17) is 0 Å². The zero-order valence-corrected chi connectivity index (χ0v) is 16.8. The van der Waals surface area contributed by atoms with Crippen LogP contribution >= 0.6 is 23.1 Å². The summed E-state index contributed by atoms with van der Waals surface area (Å²) in [5.41, 5.74) is 1.97. The molecule has 3 aliphatic rings. The van der Waals surface area contributed by atoms with E-state index in [2.05, 4.69) is 26.2 Å².